The van der Waals surface area contributed by atoms with Gasteiger partial charge in [-0.05, 0) is 37.0 Å². The number of likely N-dealkylation sites (tertiary alicyclic amines) is 1. The lowest BCUT2D eigenvalue weighted by atomic mass is 10.1. The maximum Gasteiger partial charge on any atom is 0.323 e. The SMILES string of the molecule is O=C(O)CN1CCCC(NP(=O)(O)CC(Cc2ccccc2)NC(=O)c2ccccc2)C1=O. The van der Waals surface area contributed by atoms with Crippen LogP contribution in [0.3, 0.4) is 0 Å². The van der Waals surface area contributed by atoms with Crippen LogP contribution in [0.4, 0.5) is 0 Å². The first kappa shape index (κ1) is 24.6. The number of hydrogen-bond donors (Lipinski definition) is 4. The highest BCUT2D eigenvalue weighted by Gasteiger charge is 2.35. The summed E-state index contributed by atoms with van der Waals surface area (Å²) in [4.78, 5) is 48.1. The van der Waals surface area contributed by atoms with Gasteiger partial charge in [0.1, 0.15) is 6.54 Å². The summed E-state index contributed by atoms with van der Waals surface area (Å²) in [5, 5.41) is 14.4. The van der Waals surface area contributed by atoms with Crippen LogP contribution in [0.15, 0.2) is 60.7 Å². The van der Waals surface area contributed by atoms with E-state index in [1.165, 1.54) is 4.90 Å². The van der Waals surface area contributed by atoms with Gasteiger partial charge in [0.05, 0.1) is 12.2 Å². The Morgan fingerprint density at radius 2 is 1.73 bits per heavy atom. The van der Waals surface area contributed by atoms with E-state index < -0.39 is 38.0 Å². The predicted molar refractivity (Wildman–Crippen MR) is 123 cm³/mol. The van der Waals surface area contributed by atoms with Gasteiger partial charge in [-0.15, -0.1) is 0 Å². The lowest BCUT2D eigenvalue weighted by Gasteiger charge is -2.33. The summed E-state index contributed by atoms with van der Waals surface area (Å²) in [5.41, 5.74) is 1.32. The summed E-state index contributed by atoms with van der Waals surface area (Å²) >= 11 is 0. The molecule has 0 aliphatic carbocycles. The van der Waals surface area contributed by atoms with E-state index in [-0.39, 0.29) is 12.1 Å². The number of amides is 2. The van der Waals surface area contributed by atoms with E-state index in [0.29, 0.717) is 31.4 Å². The summed E-state index contributed by atoms with van der Waals surface area (Å²) in [7, 11) is -4.06. The molecule has 1 saturated heterocycles. The highest BCUT2D eigenvalue weighted by molar-refractivity contribution is 7.56. The van der Waals surface area contributed by atoms with Crippen molar-refractivity contribution in [2.24, 2.45) is 0 Å². The van der Waals surface area contributed by atoms with E-state index in [2.05, 4.69) is 10.4 Å². The fourth-order valence-corrected chi connectivity index (χ4v) is 5.54. The van der Waals surface area contributed by atoms with E-state index in [1.807, 2.05) is 30.3 Å². The third kappa shape index (κ3) is 7.53. The zero-order valence-electron chi connectivity index (χ0n) is 18.1. The number of aliphatic carboxylic acids is 1. The van der Waals surface area contributed by atoms with Crippen molar-refractivity contribution in [3.05, 3.63) is 71.8 Å². The van der Waals surface area contributed by atoms with Crippen molar-refractivity contribution in [2.45, 2.75) is 31.3 Å². The van der Waals surface area contributed by atoms with E-state index in [0.717, 1.165) is 5.56 Å². The summed E-state index contributed by atoms with van der Waals surface area (Å²) < 4.78 is 13.1. The van der Waals surface area contributed by atoms with Crippen molar-refractivity contribution in [3.63, 3.8) is 0 Å². The molecule has 1 aliphatic rings. The summed E-state index contributed by atoms with van der Waals surface area (Å²) in [5.74, 6) is -2.01. The van der Waals surface area contributed by atoms with Gasteiger partial charge in [-0.1, -0.05) is 48.5 Å². The Bertz CT molecular complexity index is 1020. The standard InChI is InChI=1S/C23H28N3O6P/c27-21(28)15-26-13-7-12-20(23(26)30)25-33(31,32)16-19(14-17-8-3-1-4-9-17)24-22(29)18-10-5-2-6-11-18/h1-6,8-11,19-20H,7,12-16H2,(H,24,29)(H,27,28)(H2,25,31,32). The zero-order valence-corrected chi connectivity index (χ0v) is 19.0. The van der Waals surface area contributed by atoms with Gasteiger partial charge < -0.3 is 20.2 Å². The molecule has 176 valence electrons. The maximum atomic E-state index is 13.1. The Kier molecular flexibility index (Phi) is 8.38. The van der Waals surface area contributed by atoms with Crippen LogP contribution in [0.25, 0.3) is 0 Å². The Labute approximate surface area is 192 Å². The molecule has 1 aliphatic heterocycles. The molecule has 3 rings (SSSR count). The fourth-order valence-electron chi connectivity index (χ4n) is 3.89. The number of carbonyl (C=O) groups is 3. The monoisotopic (exact) mass is 473 g/mol. The Morgan fingerprint density at radius 1 is 1.09 bits per heavy atom. The molecule has 0 spiro atoms. The summed E-state index contributed by atoms with van der Waals surface area (Å²) in [6, 6.07) is 16.2. The van der Waals surface area contributed by atoms with Crippen molar-refractivity contribution in [1.29, 1.82) is 0 Å². The molecular weight excluding hydrogens is 445 g/mol. The zero-order chi connectivity index (χ0) is 23.8. The van der Waals surface area contributed by atoms with Crippen LogP contribution >= 0.6 is 7.52 Å². The molecule has 2 aromatic rings. The number of piperidine rings is 1. The molecule has 10 heteroatoms. The minimum atomic E-state index is -4.06. The molecule has 3 atom stereocenters. The highest BCUT2D eigenvalue weighted by Crippen LogP contribution is 2.38. The Hall–Kier alpha value is -3.00. The number of carbonyl (C=O) groups excluding carboxylic acids is 2. The van der Waals surface area contributed by atoms with E-state index in [9.17, 15) is 23.8 Å². The van der Waals surface area contributed by atoms with Crippen LogP contribution in [-0.2, 0) is 20.6 Å². The molecule has 0 aromatic heterocycles. The van der Waals surface area contributed by atoms with Gasteiger partial charge in [-0.3, -0.25) is 18.9 Å². The second kappa shape index (κ2) is 11.2. The summed E-state index contributed by atoms with van der Waals surface area (Å²) in [6.07, 6.45) is 0.896. The molecular formula is C23H28N3O6P. The van der Waals surface area contributed by atoms with Crippen molar-refractivity contribution >= 4 is 25.3 Å². The normalized spacial score (nSPS) is 18.9. The largest absolute Gasteiger partial charge is 0.480 e. The molecule has 0 bridgehead atoms. The van der Waals surface area contributed by atoms with Gasteiger partial charge in [0.2, 0.25) is 5.91 Å². The van der Waals surface area contributed by atoms with Gasteiger partial charge in [0, 0.05) is 18.2 Å². The average molecular weight is 473 g/mol. The minimum Gasteiger partial charge on any atom is -0.480 e. The number of hydrogen-bond acceptors (Lipinski definition) is 4. The molecule has 4 N–H and O–H groups in total. The first-order valence-corrected chi connectivity index (χ1v) is 12.6. The van der Waals surface area contributed by atoms with Crippen molar-refractivity contribution < 1.29 is 28.9 Å². The number of nitrogens with one attached hydrogen (secondary N) is 2. The predicted octanol–water partition coefficient (Wildman–Crippen LogP) is 1.88. The molecule has 2 aromatic carbocycles. The second-order valence-corrected chi connectivity index (χ2v) is 10.1. The van der Waals surface area contributed by atoms with Crippen molar-refractivity contribution in [3.8, 4) is 0 Å². The van der Waals surface area contributed by atoms with Gasteiger partial charge in [-0.25, -0.2) is 5.09 Å². The van der Waals surface area contributed by atoms with Gasteiger partial charge in [0.25, 0.3) is 13.4 Å². The van der Waals surface area contributed by atoms with Crippen molar-refractivity contribution in [1.82, 2.24) is 15.3 Å². The van der Waals surface area contributed by atoms with Gasteiger partial charge in [0.15, 0.2) is 0 Å². The van der Waals surface area contributed by atoms with Crippen LogP contribution in [0.5, 0.6) is 0 Å². The Balaban J connectivity index is 1.71. The smallest absolute Gasteiger partial charge is 0.323 e. The van der Waals surface area contributed by atoms with E-state index >= 15 is 0 Å². The topological polar surface area (TPSA) is 136 Å². The average Bonchev–Trinajstić information content (AvgIpc) is 2.77. The van der Waals surface area contributed by atoms with Crippen LogP contribution in [-0.4, -0.2) is 64.0 Å². The molecule has 9 nitrogen and oxygen atoms in total. The molecule has 0 saturated carbocycles. The van der Waals surface area contributed by atoms with Crippen LogP contribution in [0, 0.1) is 0 Å². The molecule has 1 fully saturated rings. The molecule has 3 unspecified atom stereocenters. The number of nitrogens with zero attached hydrogens (tertiary/aromatic N) is 1. The lowest BCUT2D eigenvalue weighted by molar-refractivity contribution is -0.146. The lowest BCUT2D eigenvalue weighted by Crippen LogP contribution is -2.51. The van der Waals surface area contributed by atoms with E-state index in [4.69, 9.17) is 5.11 Å². The highest BCUT2D eigenvalue weighted by atomic mass is 31.2. The first-order valence-electron chi connectivity index (χ1n) is 10.7. The van der Waals surface area contributed by atoms with Gasteiger partial charge in [-0.2, -0.15) is 0 Å². The molecule has 1 heterocycles. The molecule has 33 heavy (non-hydrogen) atoms. The van der Waals surface area contributed by atoms with Crippen molar-refractivity contribution in [2.75, 3.05) is 19.3 Å². The third-order valence-electron chi connectivity index (χ3n) is 5.38. The number of carboxylic acids is 1. The number of benzene rings is 2. The Morgan fingerprint density at radius 3 is 2.36 bits per heavy atom. The van der Waals surface area contributed by atoms with Crippen LogP contribution in [0.1, 0.15) is 28.8 Å². The maximum absolute atomic E-state index is 13.1. The number of carboxylic acid groups (broad SMARTS) is 1. The van der Waals surface area contributed by atoms with Crippen LogP contribution < -0.4 is 10.4 Å². The van der Waals surface area contributed by atoms with Gasteiger partial charge >= 0.3 is 5.97 Å². The molecule has 2 amide bonds. The second-order valence-electron chi connectivity index (χ2n) is 8.09. The quantitative estimate of drug-likeness (QED) is 0.387. The first-order chi connectivity index (χ1) is 15.7. The van der Waals surface area contributed by atoms with E-state index in [1.54, 1.807) is 30.3 Å². The summed E-state index contributed by atoms with van der Waals surface area (Å²) in [6.45, 7) is -0.153. The van der Waals surface area contributed by atoms with Crippen LogP contribution in [0.2, 0.25) is 0 Å². The molecule has 0 radical (unpaired) electrons. The minimum absolute atomic E-state index is 0.289. The number of rotatable bonds is 10. The third-order valence-corrected chi connectivity index (χ3v) is 7.03. The fraction of sp³-hybridized carbons (Fsp3) is 0.348.